The average molecular weight is 303 g/mol. The van der Waals surface area contributed by atoms with Gasteiger partial charge in [-0.15, -0.1) is 0 Å². The Morgan fingerprint density at radius 2 is 1.94 bits per heavy atom. The highest BCUT2D eigenvalue weighted by molar-refractivity contribution is 9.10. The van der Waals surface area contributed by atoms with E-state index >= 15 is 0 Å². The van der Waals surface area contributed by atoms with E-state index in [9.17, 15) is 0 Å². The zero-order chi connectivity index (χ0) is 12.8. The lowest BCUT2D eigenvalue weighted by molar-refractivity contribution is 0.107. The molecule has 0 saturated carbocycles. The molecule has 1 aromatic carbocycles. The summed E-state index contributed by atoms with van der Waals surface area (Å²) in [5.41, 5.74) is 2.48. The molecule has 2 rings (SSSR count). The van der Waals surface area contributed by atoms with E-state index in [4.69, 9.17) is 10.00 Å². The van der Waals surface area contributed by atoms with Crippen LogP contribution in [0.3, 0.4) is 0 Å². The van der Waals surface area contributed by atoms with Gasteiger partial charge in [-0.25, -0.2) is 4.98 Å². The van der Waals surface area contributed by atoms with Crippen LogP contribution in [0, 0.1) is 11.3 Å². The van der Waals surface area contributed by atoms with Gasteiger partial charge < -0.3 is 4.74 Å². The lowest BCUT2D eigenvalue weighted by Crippen LogP contribution is -1.95. The second kappa shape index (κ2) is 6.29. The number of ether oxygens (including phenoxy) is 1. The van der Waals surface area contributed by atoms with Gasteiger partial charge in [-0.1, -0.05) is 28.1 Å². The van der Waals surface area contributed by atoms with Crippen molar-refractivity contribution in [3.8, 4) is 6.07 Å². The van der Waals surface area contributed by atoms with Crippen molar-refractivity contribution < 1.29 is 4.74 Å². The van der Waals surface area contributed by atoms with E-state index in [0.717, 1.165) is 15.6 Å². The number of aromatic nitrogens is 1. The summed E-state index contributed by atoms with van der Waals surface area (Å²) in [6.45, 7) is 1.02. The van der Waals surface area contributed by atoms with Crippen LogP contribution in [0.15, 0.2) is 47.1 Å². The molecule has 0 bridgehead atoms. The Hall–Kier alpha value is -1.70. The van der Waals surface area contributed by atoms with Crippen molar-refractivity contribution in [3.05, 3.63) is 63.9 Å². The van der Waals surface area contributed by atoms with Gasteiger partial charge in [-0.3, -0.25) is 0 Å². The number of hydrogen-bond acceptors (Lipinski definition) is 3. The monoisotopic (exact) mass is 302 g/mol. The number of benzene rings is 1. The van der Waals surface area contributed by atoms with Gasteiger partial charge in [-0.2, -0.15) is 5.26 Å². The predicted octanol–water partition coefficient (Wildman–Crippen LogP) is 3.43. The van der Waals surface area contributed by atoms with Crippen molar-refractivity contribution >= 4 is 15.9 Å². The van der Waals surface area contributed by atoms with Gasteiger partial charge in [0.05, 0.1) is 13.2 Å². The van der Waals surface area contributed by atoms with Crippen LogP contribution in [0.5, 0.6) is 0 Å². The summed E-state index contributed by atoms with van der Waals surface area (Å²) in [5, 5.41) is 8.74. The largest absolute Gasteiger partial charge is 0.372 e. The zero-order valence-electron chi connectivity index (χ0n) is 9.64. The predicted molar refractivity (Wildman–Crippen MR) is 71.6 cm³/mol. The van der Waals surface area contributed by atoms with Gasteiger partial charge in [0.1, 0.15) is 11.8 Å². The summed E-state index contributed by atoms with van der Waals surface area (Å²) in [7, 11) is 0. The molecule has 0 spiro atoms. The van der Waals surface area contributed by atoms with E-state index in [1.165, 1.54) is 0 Å². The quantitative estimate of drug-likeness (QED) is 0.869. The normalized spacial score (nSPS) is 10.0. The van der Waals surface area contributed by atoms with Gasteiger partial charge in [0.25, 0.3) is 0 Å². The van der Waals surface area contributed by atoms with Gasteiger partial charge >= 0.3 is 0 Å². The van der Waals surface area contributed by atoms with E-state index < -0.39 is 0 Å². The van der Waals surface area contributed by atoms with E-state index in [0.29, 0.717) is 18.9 Å². The van der Waals surface area contributed by atoms with Crippen LogP contribution in [0.2, 0.25) is 0 Å². The number of hydrogen-bond donors (Lipinski definition) is 0. The van der Waals surface area contributed by atoms with Gasteiger partial charge in [0, 0.05) is 10.7 Å². The summed E-state index contributed by atoms with van der Waals surface area (Å²) in [6, 6.07) is 13.6. The standard InChI is InChI=1S/C14H11BrN2O/c15-13-3-1-2-11(6-13)9-18-10-12-4-5-17-14(7-12)8-16/h1-7H,9-10H2. The first-order valence-electron chi connectivity index (χ1n) is 5.45. The van der Waals surface area contributed by atoms with Gasteiger partial charge in [-0.05, 0) is 35.4 Å². The van der Waals surface area contributed by atoms with Gasteiger partial charge in [0.15, 0.2) is 0 Å². The fourth-order valence-corrected chi connectivity index (χ4v) is 1.99. The average Bonchev–Trinajstić information content (AvgIpc) is 2.39. The molecule has 2 aromatic rings. The summed E-state index contributed by atoms with van der Waals surface area (Å²) in [4.78, 5) is 3.91. The highest BCUT2D eigenvalue weighted by atomic mass is 79.9. The van der Waals surface area contributed by atoms with E-state index in [2.05, 4.69) is 20.9 Å². The lowest BCUT2D eigenvalue weighted by atomic mass is 10.2. The summed E-state index contributed by atoms with van der Waals surface area (Å²) in [5.74, 6) is 0. The Morgan fingerprint density at radius 3 is 2.67 bits per heavy atom. The van der Waals surface area contributed by atoms with Crippen molar-refractivity contribution in [3.63, 3.8) is 0 Å². The lowest BCUT2D eigenvalue weighted by Gasteiger charge is -2.05. The smallest absolute Gasteiger partial charge is 0.140 e. The van der Waals surface area contributed by atoms with Crippen LogP contribution in [-0.4, -0.2) is 4.98 Å². The van der Waals surface area contributed by atoms with Gasteiger partial charge in [0.2, 0.25) is 0 Å². The van der Waals surface area contributed by atoms with Crippen molar-refractivity contribution in [1.29, 1.82) is 5.26 Å². The molecule has 0 fully saturated rings. The van der Waals surface area contributed by atoms with Crippen LogP contribution in [-0.2, 0) is 18.0 Å². The minimum Gasteiger partial charge on any atom is -0.372 e. The fourth-order valence-electron chi connectivity index (χ4n) is 1.54. The fraction of sp³-hybridized carbons (Fsp3) is 0.143. The topological polar surface area (TPSA) is 45.9 Å². The summed E-state index contributed by atoms with van der Waals surface area (Å²) >= 11 is 3.42. The molecular formula is C14H11BrN2O. The first kappa shape index (κ1) is 12.7. The molecule has 4 heteroatoms. The second-order valence-electron chi connectivity index (χ2n) is 3.78. The van der Waals surface area contributed by atoms with Crippen molar-refractivity contribution in [2.75, 3.05) is 0 Å². The van der Waals surface area contributed by atoms with E-state index in [1.807, 2.05) is 36.4 Å². The maximum atomic E-state index is 8.74. The SMILES string of the molecule is N#Cc1cc(COCc2cccc(Br)c2)ccn1. The Labute approximate surface area is 114 Å². The second-order valence-corrected chi connectivity index (χ2v) is 4.70. The van der Waals surface area contributed by atoms with Crippen LogP contribution >= 0.6 is 15.9 Å². The van der Waals surface area contributed by atoms with Crippen molar-refractivity contribution in [2.24, 2.45) is 0 Å². The van der Waals surface area contributed by atoms with Crippen molar-refractivity contribution in [1.82, 2.24) is 4.98 Å². The molecule has 0 unspecified atom stereocenters. The minimum absolute atomic E-state index is 0.415. The van der Waals surface area contributed by atoms with Crippen LogP contribution in [0.1, 0.15) is 16.8 Å². The zero-order valence-corrected chi connectivity index (χ0v) is 11.2. The van der Waals surface area contributed by atoms with Crippen LogP contribution in [0.25, 0.3) is 0 Å². The first-order chi connectivity index (χ1) is 8.78. The molecule has 1 heterocycles. The molecule has 0 atom stereocenters. The maximum absolute atomic E-state index is 8.74. The Balaban J connectivity index is 1.90. The first-order valence-corrected chi connectivity index (χ1v) is 6.24. The van der Waals surface area contributed by atoms with Crippen molar-refractivity contribution in [2.45, 2.75) is 13.2 Å². The van der Waals surface area contributed by atoms with E-state index in [-0.39, 0.29) is 0 Å². The molecule has 0 N–H and O–H groups in total. The summed E-state index contributed by atoms with van der Waals surface area (Å²) in [6.07, 6.45) is 1.62. The van der Waals surface area contributed by atoms with Crippen LogP contribution < -0.4 is 0 Å². The number of rotatable bonds is 4. The maximum Gasteiger partial charge on any atom is 0.140 e. The number of halogens is 1. The summed E-state index contributed by atoms with van der Waals surface area (Å²) < 4.78 is 6.64. The molecule has 0 radical (unpaired) electrons. The highest BCUT2D eigenvalue weighted by Crippen LogP contribution is 2.13. The third kappa shape index (κ3) is 3.66. The molecule has 0 amide bonds. The van der Waals surface area contributed by atoms with E-state index in [1.54, 1.807) is 12.3 Å². The Morgan fingerprint density at radius 1 is 1.17 bits per heavy atom. The number of nitriles is 1. The highest BCUT2D eigenvalue weighted by Gasteiger charge is 1.98. The molecule has 0 saturated heterocycles. The molecule has 0 aliphatic heterocycles. The van der Waals surface area contributed by atoms with Crippen LogP contribution in [0.4, 0.5) is 0 Å². The molecule has 0 aliphatic rings. The molecule has 3 nitrogen and oxygen atoms in total. The molecule has 1 aromatic heterocycles. The molecule has 18 heavy (non-hydrogen) atoms. The Bertz CT molecular complexity index is 578. The molecule has 0 aliphatic carbocycles. The minimum atomic E-state index is 0.415. The number of nitrogens with zero attached hydrogens (tertiary/aromatic N) is 2. The molecule has 90 valence electrons. The molecular weight excluding hydrogens is 292 g/mol. The number of pyridine rings is 1. The third-order valence-electron chi connectivity index (χ3n) is 2.37. The third-order valence-corrected chi connectivity index (χ3v) is 2.86. The Kier molecular flexibility index (Phi) is 4.46.